The quantitative estimate of drug-likeness (QED) is 0.668. The number of carbonyl (C=O) groups is 1. The highest BCUT2D eigenvalue weighted by atomic mass is 16.6. The maximum atomic E-state index is 10.9. The van der Waals surface area contributed by atoms with Crippen LogP contribution in [0.15, 0.2) is 0 Å². The summed E-state index contributed by atoms with van der Waals surface area (Å²) in [5.74, 6) is -0.243. The van der Waals surface area contributed by atoms with E-state index in [0.717, 1.165) is 19.3 Å². The second-order valence-electron chi connectivity index (χ2n) is 3.38. The van der Waals surface area contributed by atoms with Crippen LogP contribution < -0.4 is 5.73 Å². The van der Waals surface area contributed by atoms with Crippen LogP contribution in [0.4, 0.5) is 0 Å². The van der Waals surface area contributed by atoms with Crippen molar-refractivity contribution in [3.8, 4) is 0 Å². The third kappa shape index (κ3) is 2.99. The number of esters is 1. The average Bonchev–Trinajstić information content (AvgIpc) is 2.12. The maximum Gasteiger partial charge on any atom is 0.303 e. The Morgan fingerprint density at radius 1 is 1.38 bits per heavy atom. The van der Waals surface area contributed by atoms with Crippen LogP contribution in [0, 0.1) is 0 Å². The topological polar surface area (TPSA) is 52.3 Å². The van der Waals surface area contributed by atoms with Crippen LogP contribution in [-0.4, -0.2) is 17.6 Å². The minimum absolute atomic E-state index is 0.0635. The molecule has 0 saturated carbocycles. The van der Waals surface area contributed by atoms with Crippen LogP contribution in [0.2, 0.25) is 0 Å². The number of ether oxygens (including phenoxy) is 1. The Morgan fingerprint density at radius 3 is 2.08 bits per heavy atom. The van der Waals surface area contributed by atoms with E-state index in [1.54, 1.807) is 0 Å². The Labute approximate surface area is 80.6 Å². The van der Waals surface area contributed by atoms with E-state index >= 15 is 0 Å². The van der Waals surface area contributed by atoms with Gasteiger partial charge in [-0.05, 0) is 19.3 Å². The fourth-order valence-electron chi connectivity index (χ4n) is 1.65. The molecule has 0 aliphatic carbocycles. The van der Waals surface area contributed by atoms with Gasteiger partial charge in [0.2, 0.25) is 0 Å². The molecule has 0 aromatic rings. The highest BCUT2D eigenvalue weighted by Gasteiger charge is 2.35. The molecule has 0 aliphatic heterocycles. The lowest BCUT2D eigenvalue weighted by Gasteiger charge is -2.36. The van der Waals surface area contributed by atoms with Gasteiger partial charge in [0.1, 0.15) is 5.60 Å². The normalized spacial score (nSPS) is 13.9. The number of rotatable bonds is 5. The fourth-order valence-corrected chi connectivity index (χ4v) is 1.65. The Balaban J connectivity index is 4.57. The molecule has 0 bridgehead atoms. The lowest BCUT2D eigenvalue weighted by atomic mass is 9.87. The number of hydrogen-bond donors (Lipinski definition) is 1. The van der Waals surface area contributed by atoms with Gasteiger partial charge >= 0.3 is 5.97 Å². The summed E-state index contributed by atoms with van der Waals surface area (Å²) in [4.78, 5) is 10.9. The summed E-state index contributed by atoms with van der Waals surface area (Å²) in [6.07, 6.45) is 2.38. The molecule has 1 atom stereocenters. The Hall–Kier alpha value is -0.570. The van der Waals surface area contributed by atoms with Gasteiger partial charge in [0, 0.05) is 13.0 Å². The zero-order valence-corrected chi connectivity index (χ0v) is 9.09. The predicted molar refractivity (Wildman–Crippen MR) is 53.3 cm³/mol. The van der Waals surface area contributed by atoms with E-state index in [0.29, 0.717) is 0 Å². The lowest BCUT2D eigenvalue weighted by molar-refractivity contribution is -0.160. The van der Waals surface area contributed by atoms with Gasteiger partial charge in [0.15, 0.2) is 0 Å². The van der Waals surface area contributed by atoms with Gasteiger partial charge in [-0.1, -0.05) is 20.8 Å². The van der Waals surface area contributed by atoms with Crippen LogP contribution in [0.5, 0.6) is 0 Å². The summed E-state index contributed by atoms with van der Waals surface area (Å²) in [5, 5.41) is 0. The van der Waals surface area contributed by atoms with Gasteiger partial charge in [-0.3, -0.25) is 4.79 Å². The predicted octanol–water partition coefficient (Wildman–Crippen LogP) is 1.85. The zero-order chi connectivity index (χ0) is 10.5. The van der Waals surface area contributed by atoms with Crippen molar-refractivity contribution in [2.45, 2.75) is 58.6 Å². The van der Waals surface area contributed by atoms with Crippen molar-refractivity contribution >= 4 is 5.97 Å². The molecule has 2 N–H and O–H groups in total. The Bertz CT molecular complexity index is 164. The average molecular weight is 187 g/mol. The molecule has 0 amide bonds. The first-order chi connectivity index (χ1) is 6.02. The van der Waals surface area contributed by atoms with Crippen molar-refractivity contribution in [2.75, 3.05) is 0 Å². The van der Waals surface area contributed by atoms with E-state index < -0.39 is 5.60 Å². The molecule has 0 rings (SSSR count). The molecule has 0 heterocycles. The third-order valence-electron chi connectivity index (χ3n) is 2.66. The van der Waals surface area contributed by atoms with Gasteiger partial charge in [-0.25, -0.2) is 0 Å². The first-order valence-corrected chi connectivity index (χ1v) is 4.97. The molecule has 0 aromatic heterocycles. The standard InChI is InChI=1S/C10H21NO2/c1-5-9(11)10(6-2,7-3)13-8(4)12/h9H,5-7,11H2,1-4H3. The molecule has 13 heavy (non-hydrogen) atoms. The molecule has 0 radical (unpaired) electrons. The molecule has 0 aliphatic rings. The molecular formula is C10H21NO2. The molecule has 0 aromatic carbocycles. The summed E-state index contributed by atoms with van der Waals surface area (Å²) in [7, 11) is 0. The molecule has 3 heteroatoms. The molecule has 0 fully saturated rings. The van der Waals surface area contributed by atoms with E-state index in [-0.39, 0.29) is 12.0 Å². The first-order valence-electron chi connectivity index (χ1n) is 4.97. The van der Waals surface area contributed by atoms with Gasteiger partial charge in [0.05, 0.1) is 0 Å². The second kappa shape index (κ2) is 5.22. The highest BCUT2D eigenvalue weighted by Crippen LogP contribution is 2.25. The van der Waals surface area contributed by atoms with Crippen molar-refractivity contribution in [1.82, 2.24) is 0 Å². The van der Waals surface area contributed by atoms with E-state index in [9.17, 15) is 4.79 Å². The SMILES string of the molecule is CCC(N)C(CC)(CC)OC(C)=O. The number of hydrogen-bond acceptors (Lipinski definition) is 3. The minimum Gasteiger partial charge on any atom is -0.458 e. The monoisotopic (exact) mass is 187 g/mol. The Morgan fingerprint density at radius 2 is 1.85 bits per heavy atom. The first kappa shape index (κ1) is 12.4. The lowest BCUT2D eigenvalue weighted by Crippen LogP contribution is -2.49. The summed E-state index contributed by atoms with van der Waals surface area (Å²) in [6, 6.07) is -0.0635. The second-order valence-corrected chi connectivity index (χ2v) is 3.38. The summed E-state index contributed by atoms with van der Waals surface area (Å²) in [6.45, 7) is 7.45. The van der Waals surface area contributed by atoms with E-state index in [2.05, 4.69) is 0 Å². The van der Waals surface area contributed by atoms with E-state index in [4.69, 9.17) is 10.5 Å². The van der Waals surface area contributed by atoms with Crippen molar-refractivity contribution in [1.29, 1.82) is 0 Å². The van der Waals surface area contributed by atoms with Crippen LogP contribution in [0.25, 0.3) is 0 Å². The third-order valence-corrected chi connectivity index (χ3v) is 2.66. The van der Waals surface area contributed by atoms with Crippen LogP contribution >= 0.6 is 0 Å². The smallest absolute Gasteiger partial charge is 0.303 e. The highest BCUT2D eigenvalue weighted by molar-refractivity contribution is 5.66. The largest absolute Gasteiger partial charge is 0.458 e. The van der Waals surface area contributed by atoms with Crippen LogP contribution in [-0.2, 0) is 9.53 Å². The summed E-state index contributed by atoms with van der Waals surface area (Å²) in [5.41, 5.74) is 5.49. The van der Waals surface area contributed by atoms with E-state index in [1.165, 1.54) is 6.92 Å². The number of nitrogens with two attached hydrogens (primary N) is 1. The van der Waals surface area contributed by atoms with Crippen molar-refractivity contribution < 1.29 is 9.53 Å². The molecule has 0 saturated heterocycles. The summed E-state index contributed by atoms with van der Waals surface area (Å²) < 4.78 is 5.33. The number of carbonyl (C=O) groups excluding carboxylic acids is 1. The van der Waals surface area contributed by atoms with Gasteiger partial charge in [-0.2, -0.15) is 0 Å². The van der Waals surface area contributed by atoms with Crippen LogP contribution in [0.3, 0.4) is 0 Å². The molecule has 1 unspecified atom stereocenters. The van der Waals surface area contributed by atoms with Crippen molar-refractivity contribution in [3.63, 3.8) is 0 Å². The van der Waals surface area contributed by atoms with Crippen molar-refractivity contribution in [2.24, 2.45) is 5.73 Å². The van der Waals surface area contributed by atoms with Crippen LogP contribution in [0.1, 0.15) is 47.0 Å². The molecular weight excluding hydrogens is 166 g/mol. The van der Waals surface area contributed by atoms with Gasteiger partial charge < -0.3 is 10.5 Å². The van der Waals surface area contributed by atoms with Crippen molar-refractivity contribution in [3.05, 3.63) is 0 Å². The minimum atomic E-state index is -0.458. The molecule has 3 nitrogen and oxygen atoms in total. The maximum absolute atomic E-state index is 10.9. The molecule has 78 valence electrons. The zero-order valence-electron chi connectivity index (χ0n) is 9.09. The summed E-state index contributed by atoms with van der Waals surface area (Å²) >= 11 is 0. The molecule has 0 spiro atoms. The van der Waals surface area contributed by atoms with E-state index in [1.807, 2.05) is 20.8 Å². The Kier molecular flexibility index (Phi) is 4.99. The fraction of sp³-hybridized carbons (Fsp3) is 0.900. The van der Waals surface area contributed by atoms with Gasteiger partial charge in [0.25, 0.3) is 0 Å². The van der Waals surface area contributed by atoms with Gasteiger partial charge in [-0.15, -0.1) is 0 Å².